The predicted molar refractivity (Wildman–Crippen MR) is 104 cm³/mol. The van der Waals surface area contributed by atoms with Gasteiger partial charge in [0.1, 0.15) is 0 Å². The molecule has 0 atom stereocenters. The predicted octanol–water partition coefficient (Wildman–Crippen LogP) is 2.77. The molecule has 6 heteroatoms. The van der Waals surface area contributed by atoms with Crippen LogP contribution in [-0.4, -0.2) is 21.6 Å². The number of amides is 2. The van der Waals surface area contributed by atoms with Gasteiger partial charge in [0, 0.05) is 5.69 Å². The van der Waals surface area contributed by atoms with Crippen LogP contribution < -0.4 is 11.1 Å². The van der Waals surface area contributed by atoms with Gasteiger partial charge in [-0.1, -0.05) is 49.4 Å². The Labute approximate surface area is 158 Å². The first-order valence-electron chi connectivity index (χ1n) is 8.84. The summed E-state index contributed by atoms with van der Waals surface area (Å²) in [5.41, 5.74) is 9.25. The molecule has 3 N–H and O–H groups in total. The van der Waals surface area contributed by atoms with Gasteiger partial charge < -0.3 is 11.1 Å². The molecule has 0 spiro atoms. The number of carbonyl (C=O) groups excluding carboxylic acids is 2. The summed E-state index contributed by atoms with van der Waals surface area (Å²) in [6.45, 7) is 2.63. The molecule has 3 rings (SSSR count). The summed E-state index contributed by atoms with van der Waals surface area (Å²) in [5, 5.41) is 7.28. The molecule has 138 valence electrons. The molecule has 1 heterocycles. The second-order valence-corrected chi connectivity index (χ2v) is 6.30. The standard InChI is InChI=1S/C21H22N4O2/c1-2-19-18(13-23-25(19)14-16-6-4-3-5-7-16)21(27)24-17-10-8-15(9-11-17)12-20(22)26/h3-11,13H,2,12,14H2,1H3,(H2,22,26)(H,24,27). The molecule has 3 aromatic rings. The van der Waals surface area contributed by atoms with Crippen LogP contribution in [0.2, 0.25) is 0 Å². The number of rotatable bonds is 7. The molecule has 0 aliphatic heterocycles. The van der Waals surface area contributed by atoms with Gasteiger partial charge in [-0.15, -0.1) is 0 Å². The zero-order valence-corrected chi connectivity index (χ0v) is 15.2. The van der Waals surface area contributed by atoms with Gasteiger partial charge >= 0.3 is 0 Å². The lowest BCUT2D eigenvalue weighted by Gasteiger charge is -2.09. The molecule has 0 aliphatic rings. The molecule has 6 nitrogen and oxygen atoms in total. The van der Waals surface area contributed by atoms with E-state index in [2.05, 4.69) is 10.4 Å². The molecule has 2 amide bonds. The number of hydrogen-bond donors (Lipinski definition) is 2. The van der Waals surface area contributed by atoms with E-state index in [1.165, 1.54) is 0 Å². The van der Waals surface area contributed by atoms with Crippen LogP contribution in [0, 0.1) is 0 Å². The number of primary amides is 1. The van der Waals surface area contributed by atoms with Crippen molar-refractivity contribution in [1.82, 2.24) is 9.78 Å². The third kappa shape index (κ3) is 4.61. The van der Waals surface area contributed by atoms with Crippen molar-refractivity contribution in [3.63, 3.8) is 0 Å². The van der Waals surface area contributed by atoms with Gasteiger partial charge in [-0.05, 0) is 29.7 Å². The molecule has 0 saturated heterocycles. The highest BCUT2D eigenvalue weighted by Crippen LogP contribution is 2.16. The monoisotopic (exact) mass is 362 g/mol. The van der Waals surface area contributed by atoms with E-state index in [-0.39, 0.29) is 18.2 Å². The fraction of sp³-hybridized carbons (Fsp3) is 0.190. The van der Waals surface area contributed by atoms with Crippen molar-refractivity contribution < 1.29 is 9.59 Å². The van der Waals surface area contributed by atoms with E-state index in [1.54, 1.807) is 30.5 Å². The van der Waals surface area contributed by atoms with Crippen LogP contribution in [0.15, 0.2) is 60.8 Å². The number of nitrogens with zero attached hydrogens (tertiary/aromatic N) is 2. The first kappa shape index (κ1) is 18.4. The second kappa shape index (κ2) is 8.31. The van der Waals surface area contributed by atoms with Crippen molar-refractivity contribution in [3.05, 3.63) is 83.2 Å². The molecule has 0 radical (unpaired) electrons. The quantitative estimate of drug-likeness (QED) is 0.677. The fourth-order valence-electron chi connectivity index (χ4n) is 2.97. The second-order valence-electron chi connectivity index (χ2n) is 6.30. The Morgan fingerprint density at radius 3 is 2.37 bits per heavy atom. The Balaban J connectivity index is 1.74. The summed E-state index contributed by atoms with van der Waals surface area (Å²) < 4.78 is 1.86. The van der Waals surface area contributed by atoms with Gasteiger partial charge in [0.15, 0.2) is 0 Å². The highest BCUT2D eigenvalue weighted by atomic mass is 16.2. The highest BCUT2D eigenvalue weighted by Gasteiger charge is 2.16. The number of anilines is 1. The Morgan fingerprint density at radius 1 is 1.04 bits per heavy atom. The topological polar surface area (TPSA) is 90.0 Å². The summed E-state index contributed by atoms with van der Waals surface area (Å²) in [4.78, 5) is 23.6. The smallest absolute Gasteiger partial charge is 0.259 e. The van der Waals surface area contributed by atoms with E-state index in [9.17, 15) is 9.59 Å². The molecule has 2 aromatic carbocycles. The number of aromatic nitrogens is 2. The lowest BCUT2D eigenvalue weighted by Crippen LogP contribution is -2.15. The minimum absolute atomic E-state index is 0.181. The van der Waals surface area contributed by atoms with E-state index >= 15 is 0 Å². The van der Waals surface area contributed by atoms with Gasteiger partial charge in [0.25, 0.3) is 5.91 Å². The van der Waals surface area contributed by atoms with Crippen LogP contribution in [0.4, 0.5) is 5.69 Å². The Hall–Kier alpha value is -3.41. The van der Waals surface area contributed by atoms with Crippen LogP contribution >= 0.6 is 0 Å². The van der Waals surface area contributed by atoms with Crippen molar-refractivity contribution in [2.75, 3.05) is 5.32 Å². The molecular weight excluding hydrogens is 340 g/mol. The van der Waals surface area contributed by atoms with Gasteiger partial charge in [-0.3, -0.25) is 14.3 Å². The first-order chi connectivity index (χ1) is 13.1. The van der Waals surface area contributed by atoms with Crippen molar-refractivity contribution >= 4 is 17.5 Å². The zero-order valence-electron chi connectivity index (χ0n) is 15.2. The van der Waals surface area contributed by atoms with Crippen LogP contribution in [0.25, 0.3) is 0 Å². The van der Waals surface area contributed by atoms with Crippen molar-refractivity contribution in [2.24, 2.45) is 5.73 Å². The number of hydrogen-bond acceptors (Lipinski definition) is 3. The third-order valence-corrected chi connectivity index (χ3v) is 4.29. The highest BCUT2D eigenvalue weighted by molar-refractivity contribution is 6.05. The summed E-state index contributed by atoms with van der Waals surface area (Å²) in [6.07, 6.45) is 2.49. The van der Waals surface area contributed by atoms with Crippen molar-refractivity contribution in [3.8, 4) is 0 Å². The van der Waals surface area contributed by atoms with Gasteiger partial charge in [-0.25, -0.2) is 0 Å². The summed E-state index contributed by atoms with van der Waals surface area (Å²) in [5.74, 6) is -0.584. The van der Waals surface area contributed by atoms with Gasteiger partial charge in [0.2, 0.25) is 5.91 Å². The Morgan fingerprint density at radius 2 is 1.74 bits per heavy atom. The maximum Gasteiger partial charge on any atom is 0.259 e. The van der Waals surface area contributed by atoms with Crippen LogP contribution in [0.1, 0.15) is 34.1 Å². The lowest BCUT2D eigenvalue weighted by molar-refractivity contribution is -0.117. The van der Waals surface area contributed by atoms with E-state index in [1.807, 2.05) is 41.9 Å². The molecule has 0 aliphatic carbocycles. The van der Waals surface area contributed by atoms with E-state index in [0.29, 0.717) is 24.2 Å². The van der Waals surface area contributed by atoms with Gasteiger partial charge in [-0.2, -0.15) is 5.10 Å². The molecule has 0 unspecified atom stereocenters. The van der Waals surface area contributed by atoms with Crippen molar-refractivity contribution in [1.29, 1.82) is 0 Å². The fourth-order valence-corrected chi connectivity index (χ4v) is 2.97. The number of carbonyl (C=O) groups is 2. The minimum atomic E-state index is -0.384. The zero-order chi connectivity index (χ0) is 19.2. The number of benzene rings is 2. The first-order valence-corrected chi connectivity index (χ1v) is 8.84. The largest absolute Gasteiger partial charge is 0.369 e. The van der Waals surface area contributed by atoms with E-state index in [0.717, 1.165) is 16.8 Å². The van der Waals surface area contributed by atoms with Crippen LogP contribution in [-0.2, 0) is 24.2 Å². The Bertz CT molecular complexity index is 931. The molecule has 0 saturated carbocycles. The average molecular weight is 362 g/mol. The van der Waals surface area contributed by atoms with Gasteiger partial charge in [0.05, 0.1) is 30.4 Å². The maximum atomic E-state index is 12.7. The molecule has 0 bridgehead atoms. The number of nitrogens with one attached hydrogen (secondary N) is 1. The normalized spacial score (nSPS) is 10.6. The van der Waals surface area contributed by atoms with Crippen LogP contribution in [0.5, 0.6) is 0 Å². The van der Waals surface area contributed by atoms with Crippen LogP contribution in [0.3, 0.4) is 0 Å². The summed E-state index contributed by atoms with van der Waals surface area (Å²) in [7, 11) is 0. The lowest BCUT2D eigenvalue weighted by atomic mass is 10.1. The summed E-state index contributed by atoms with van der Waals surface area (Å²) in [6, 6.07) is 17.1. The minimum Gasteiger partial charge on any atom is -0.369 e. The number of nitrogens with two attached hydrogens (primary N) is 1. The molecule has 1 aromatic heterocycles. The maximum absolute atomic E-state index is 12.7. The van der Waals surface area contributed by atoms with E-state index in [4.69, 9.17) is 5.73 Å². The van der Waals surface area contributed by atoms with Crippen molar-refractivity contribution in [2.45, 2.75) is 26.3 Å². The van der Waals surface area contributed by atoms with E-state index < -0.39 is 0 Å². The molecule has 0 fully saturated rings. The molecular formula is C21H22N4O2. The Kier molecular flexibility index (Phi) is 5.66. The summed E-state index contributed by atoms with van der Waals surface area (Å²) >= 11 is 0. The SMILES string of the molecule is CCc1c(C(=O)Nc2ccc(CC(N)=O)cc2)cnn1Cc1ccccc1. The average Bonchev–Trinajstić information content (AvgIpc) is 3.06. The third-order valence-electron chi connectivity index (χ3n) is 4.29. The molecule has 27 heavy (non-hydrogen) atoms.